The van der Waals surface area contributed by atoms with Crippen molar-refractivity contribution in [2.45, 2.75) is 48.7 Å². The Balaban J connectivity index is 1.90. The Kier molecular flexibility index (Phi) is 10.8. The predicted molar refractivity (Wildman–Crippen MR) is 186 cm³/mol. The number of anilines is 1. The molecule has 3 aromatic rings. The monoisotopic (exact) mass is 769 g/mol. The lowest BCUT2D eigenvalue weighted by molar-refractivity contribution is -0.953. The van der Waals surface area contributed by atoms with Crippen LogP contribution in [0.5, 0.6) is 17.2 Å². The molecule has 4 atom stereocenters. The Hall–Kier alpha value is -4.09. The summed E-state index contributed by atoms with van der Waals surface area (Å²) in [4.78, 5) is 30.5. The van der Waals surface area contributed by atoms with E-state index in [4.69, 9.17) is 21.1 Å². The number of fused-ring (bicyclic) bond motifs is 1. The fraction of sp³-hybridized carbons (Fsp3) is 0.429. The number of rotatable bonds is 12. The zero-order chi connectivity index (χ0) is 38.4. The molecule has 2 aliphatic heterocycles. The van der Waals surface area contributed by atoms with Crippen LogP contribution in [0.15, 0.2) is 59.5 Å². The van der Waals surface area contributed by atoms with Crippen molar-refractivity contribution in [1.29, 1.82) is 0 Å². The van der Waals surface area contributed by atoms with Crippen LogP contribution in [-0.4, -0.2) is 108 Å². The van der Waals surface area contributed by atoms with Crippen LogP contribution < -0.4 is 23.8 Å². The number of aliphatic hydroxyl groups is 1. The number of ether oxygens (including phenoxy) is 3. The molecule has 282 valence electrons. The second-order valence-electron chi connectivity index (χ2n) is 13.0. The standard InChI is InChI=1S/C35H40ClF3N4O8S/c1-7-41(3)15-14-21-8-12-29(50-6)26(16-21)34(43(4)20-23(44)18-28(43)32(45)40-2)25-17-22(36)9-11-27(25)42(33(34)46)52(47,48)31-13-10-24(49-5)19-30(31)51-35(37,38)39/h8-13,16-17,19,23,28,44H,7,14-15,18,20H2,1-6H3/p+1/t23-,28+,34?,43?/m1/s1. The summed E-state index contributed by atoms with van der Waals surface area (Å²) in [5, 5.41) is 13.9. The molecule has 17 heteroatoms. The molecule has 2 unspecified atom stereocenters. The van der Waals surface area contributed by atoms with Crippen LogP contribution in [0, 0.1) is 0 Å². The number of aliphatic hydroxyl groups excluding tert-OH is 1. The lowest BCUT2D eigenvalue weighted by atomic mass is 9.78. The first kappa shape index (κ1) is 39.1. The summed E-state index contributed by atoms with van der Waals surface area (Å²) in [5.74, 6) is -2.78. The van der Waals surface area contributed by atoms with Gasteiger partial charge in [0.05, 0.1) is 38.1 Å². The van der Waals surface area contributed by atoms with Crippen molar-refractivity contribution in [1.82, 2.24) is 10.2 Å². The third-order valence-corrected chi connectivity index (χ3v) is 12.0. The molecule has 3 aromatic carbocycles. The Morgan fingerprint density at radius 1 is 1.10 bits per heavy atom. The molecular weight excluding hydrogens is 729 g/mol. The number of methoxy groups -OCH3 is 2. The Bertz CT molecular complexity index is 1980. The Morgan fingerprint density at radius 3 is 2.42 bits per heavy atom. The summed E-state index contributed by atoms with van der Waals surface area (Å²) in [7, 11) is 2.21. The molecule has 2 aliphatic rings. The number of alkyl halides is 3. The number of likely N-dealkylation sites (tertiary alicyclic amines) is 1. The minimum absolute atomic E-state index is 0.0343. The third-order valence-electron chi connectivity index (χ3n) is 10.0. The van der Waals surface area contributed by atoms with Crippen LogP contribution in [0.2, 0.25) is 5.02 Å². The fourth-order valence-corrected chi connectivity index (χ4v) is 9.18. The first-order valence-electron chi connectivity index (χ1n) is 16.3. The van der Waals surface area contributed by atoms with Crippen LogP contribution in [-0.2, 0) is 31.6 Å². The van der Waals surface area contributed by atoms with E-state index in [0.29, 0.717) is 17.3 Å². The van der Waals surface area contributed by atoms with Gasteiger partial charge in [0.1, 0.15) is 29.0 Å². The van der Waals surface area contributed by atoms with E-state index < -0.39 is 61.0 Å². The molecule has 2 N–H and O–H groups in total. The van der Waals surface area contributed by atoms with Crippen molar-refractivity contribution in [3.63, 3.8) is 0 Å². The summed E-state index contributed by atoms with van der Waals surface area (Å²) in [6.07, 6.45) is -6.03. The van der Waals surface area contributed by atoms with Gasteiger partial charge in [-0.05, 0) is 68.0 Å². The summed E-state index contributed by atoms with van der Waals surface area (Å²) in [6.45, 7) is 3.17. The van der Waals surface area contributed by atoms with Gasteiger partial charge in [0.15, 0.2) is 11.8 Å². The SMILES string of the molecule is CCN(C)CCc1ccc(OC)c(C2([N+]3(C)C[C@H](O)C[C@H]3C(=O)NC)C(=O)N(S(=O)(=O)c3ccc(OC)cc3OC(F)(F)F)c3ccc(Cl)cc32)c1. The second kappa shape index (κ2) is 14.4. The van der Waals surface area contributed by atoms with E-state index in [0.717, 1.165) is 30.3 Å². The minimum atomic E-state index is -5.31. The molecule has 0 aromatic heterocycles. The van der Waals surface area contributed by atoms with E-state index in [2.05, 4.69) is 15.0 Å². The lowest BCUT2D eigenvalue weighted by Crippen LogP contribution is -2.69. The molecule has 0 aliphatic carbocycles. The highest BCUT2D eigenvalue weighted by atomic mass is 35.5. The van der Waals surface area contributed by atoms with Crippen molar-refractivity contribution in [3.8, 4) is 17.2 Å². The molecule has 0 bridgehead atoms. The average molecular weight is 770 g/mol. The van der Waals surface area contributed by atoms with Crippen LogP contribution in [0.25, 0.3) is 0 Å². The van der Waals surface area contributed by atoms with Gasteiger partial charge in [-0.1, -0.05) is 24.6 Å². The van der Waals surface area contributed by atoms with Gasteiger partial charge in [-0.2, -0.15) is 4.31 Å². The van der Waals surface area contributed by atoms with E-state index in [9.17, 15) is 31.5 Å². The largest absolute Gasteiger partial charge is 0.573 e. The lowest BCUT2D eigenvalue weighted by Gasteiger charge is -2.48. The van der Waals surface area contributed by atoms with Gasteiger partial charge >= 0.3 is 12.3 Å². The smallest absolute Gasteiger partial charge is 0.497 e. The van der Waals surface area contributed by atoms with Gasteiger partial charge in [-0.3, -0.25) is 14.1 Å². The number of hydrogen-bond acceptors (Lipinski definition) is 9. The first-order chi connectivity index (χ1) is 24.4. The van der Waals surface area contributed by atoms with E-state index >= 15 is 4.79 Å². The van der Waals surface area contributed by atoms with Gasteiger partial charge < -0.3 is 29.5 Å². The van der Waals surface area contributed by atoms with Crippen molar-refractivity contribution < 1.29 is 55.0 Å². The zero-order valence-electron chi connectivity index (χ0n) is 29.5. The predicted octanol–water partition coefficient (Wildman–Crippen LogP) is 4.05. The Labute approximate surface area is 305 Å². The number of carbonyl (C=O) groups excluding carboxylic acids is 2. The minimum Gasteiger partial charge on any atom is -0.497 e. The quantitative estimate of drug-likeness (QED) is 0.262. The fourth-order valence-electron chi connectivity index (χ4n) is 7.45. The van der Waals surface area contributed by atoms with Crippen LogP contribution in [0.4, 0.5) is 18.9 Å². The van der Waals surface area contributed by atoms with Crippen LogP contribution >= 0.6 is 11.6 Å². The summed E-state index contributed by atoms with van der Waals surface area (Å²) in [5.41, 5.74) is -1.45. The molecule has 2 amide bonds. The van der Waals surface area contributed by atoms with Crippen molar-refractivity contribution >= 4 is 39.1 Å². The molecule has 1 fully saturated rings. The van der Waals surface area contributed by atoms with Gasteiger partial charge in [0.2, 0.25) is 5.54 Å². The maximum atomic E-state index is 15.7. The number of nitrogens with zero attached hydrogens (tertiary/aromatic N) is 3. The van der Waals surface area contributed by atoms with Crippen molar-refractivity contribution in [2.24, 2.45) is 0 Å². The number of carbonyl (C=O) groups is 2. The number of benzene rings is 3. The number of likely N-dealkylation sites (N-methyl/N-ethyl adjacent to an activating group) is 3. The van der Waals surface area contributed by atoms with E-state index in [1.807, 2.05) is 14.0 Å². The highest BCUT2D eigenvalue weighted by Crippen LogP contribution is 2.58. The molecule has 2 heterocycles. The number of halogens is 4. The van der Waals surface area contributed by atoms with Gasteiger partial charge in [0, 0.05) is 31.1 Å². The zero-order valence-corrected chi connectivity index (χ0v) is 31.0. The summed E-state index contributed by atoms with van der Waals surface area (Å²) in [6, 6.07) is 10.8. The number of sulfonamides is 1. The summed E-state index contributed by atoms with van der Waals surface area (Å²) < 4.78 is 85.6. The molecule has 0 spiro atoms. The Morgan fingerprint density at radius 2 is 1.81 bits per heavy atom. The molecule has 52 heavy (non-hydrogen) atoms. The van der Waals surface area contributed by atoms with Gasteiger partial charge in [-0.15, -0.1) is 13.2 Å². The maximum absolute atomic E-state index is 15.7. The molecule has 0 saturated carbocycles. The highest BCUT2D eigenvalue weighted by molar-refractivity contribution is 7.93. The topological polar surface area (TPSA) is 135 Å². The third kappa shape index (κ3) is 6.55. The van der Waals surface area contributed by atoms with E-state index in [1.165, 1.54) is 39.5 Å². The molecule has 12 nitrogen and oxygen atoms in total. The molecule has 0 radical (unpaired) electrons. The van der Waals surface area contributed by atoms with Crippen molar-refractivity contribution in [3.05, 3.63) is 76.3 Å². The molecule has 1 saturated heterocycles. The van der Waals surface area contributed by atoms with Crippen molar-refractivity contribution in [2.75, 3.05) is 59.3 Å². The number of nitrogens with one attached hydrogen (secondary N) is 1. The van der Waals surface area contributed by atoms with E-state index in [1.54, 1.807) is 25.2 Å². The summed E-state index contributed by atoms with van der Waals surface area (Å²) >= 11 is 6.60. The highest BCUT2D eigenvalue weighted by Gasteiger charge is 2.72. The van der Waals surface area contributed by atoms with Crippen LogP contribution in [0.1, 0.15) is 30.0 Å². The average Bonchev–Trinajstić information content (AvgIpc) is 3.55. The van der Waals surface area contributed by atoms with Crippen LogP contribution in [0.3, 0.4) is 0 Å². The molecule has 5 rings (SSSR count). The maximum Gasteiger partial charge on any atom is 0.573 e. The number of hydrogen-bond donors (Lipinski definition) is 2. The number of amides is 2. The normalized spacial score (nSPS) is 23.2. The van der Waals surface area contributed by atoms with Gasteiger partial charge in [-0.25, -0.2) is 8.42 Å². The van der Waals surface area contributed by atoms with Gasteiger partial charge in [0.25, 0.3) is 15.9 Å². The first-order valence-corrected chi connectivity index (χ1v) is 18.2. The number of quaternary nitrogens is 1. The second-order valence-corrected chi connectivity index (χ2v) is 15.1. The van der Waals surface area contributed by atoms with E-state index in [-0.39, 0.29) is 46.3 Å². The molecular formula is C35H41ClF3N4O8S+.